The van der Waals surface area contributed by atoms with Gasteiger partial charge < -0.3 is 5.11 Å². The third kappa shape index (κ3) is 4.57. The molecule has 0 spiro atoms. The molecule has 1 N–H and O–H groups in total. The van der Waals surface area contributed by atoms with Gasteiger partial charge in [0.15, 0.2) is 0 Å². The number of aliphatic carboxylic acids is 1. The van der Waals surface area contributed by atoms with E-state index in [2.05, 4.69) is 6.58 Å². The highest BCUT2D eigenvalue weighted by molar-refractivity contribution is 5.84. The molecule has 132 valence electrons. The third-order valence-electron chi connectivity index (χ3n) is 2.57. The molecule has 0 saturated carbocycles. The van der Waals surface area contributed by atoms with Crippen molar-refractivity contribution in [3.8, 4) is 0 Å². The molecule has 0 aliphatic carbocycles. The van der Waals surface area contributed by atoms with Crippen LogP contribution in [0.2, 0.25) is 0 Å². The highest BCUT2D eigenvalue weighted by Gasteiger charge is 2.79. The van der Waals surface area contributed by atoms with E-state index in [-0.39, 0.29) is 5.57 Å². The van der Waals surface area contributed by atoms with Gasteiger partial charge in [0.05, 0.1) is 0 Å². The lowest BCUT2D eigenvalue weighted by molar-refractivity contribution is -0.366. The van der Waals surface area contributed by atoms with Crippen LogP contribution in [0.3, 0.4) is 0 Å². The lowest BCUT2D eigenvalue weighted by Gasteiger charge is -2.36. The Labute approximate surface area is 121 Å². The summed E-state index contributed by atoms with van der Waals surface area (Å²) in [5.74, 6) is -23.5. The molecular formula is C12H16F8O2. The molecule has 0 aliphatic heterocycles. The summed E-state index contributed by atoms with van der Waals surface area (Å²) in [6.45, 7) is 5.62. The Morgan fingerprint density at radius 2 is 1.05 bits per heavy atom. The first kappa shape index (κ1) is 22.9. The summed E-state index contributed by atoms with van der Waals surface area (Å²) in [4.78, 5) is 9.60. The summed E-state index contributed by atoms with van der Waals surface area (Å²) >= 11 is 0. The van der Waals surface area contributed by atoms with E-state index in [0.717, 1.165) is 0 Å². The average Bonchev–Trinajstić information content (AvgIpc) is 2.38. The van der Waals surface area contributed by atoms with Crippen molar-refractivity contribution < 1.29 is 45.0 Å². The first-order valence-electron chi connectivity index (χ1n) is 5.91. The van der Waals surface area contributed by atoms with Gasteiger partial charge in [-0.1, -0.05) is 20.4 Å². The van der Waals surface area contributed by atoms with Crippen LogP contribution in [0.1, 0.15) is 33.6 Å². The fourth-order valence-electron chi connectivity index (χ4n) is 0.903. The Hall–Kier alpha value is -1.35. The first-order chi connectivity index (χ1) is 9.51. The number of carboxylic acids is 1. The predicted octanol–water partition coefficient (Wildman–Crippen LogP) is 4.99. The molecule has 0 radical (unpaired) electrons. The molecule has 0 aromatic heterocycles. The molecule has 0 bridgehead atoms. The Balaban J connectivity index is 0. The second kappa shape index (κ2) is 7.28. The zero-order valence-electron chi connectivity index (χ0n) is 12.0. The molecule has 0 heterocycles. The number of carboxylic acid groups (broad SMARTS) is 1. The van der Waals surface area contributed by atoms with Gasteiger partial charge in [0, 0.05) is 18.4 Å². The van der Waals surface area contributed by atoms with Gasteiger partial charge in [-0.05, 0) is 6.92 Å². The predicted molar refractivity (Wildman–Crippen MR) is 62.8 cm³/mol. The Morgan fingerprint density at radius 3 is 1.14 bits per heavy atom. The van der Waals surface area contributed by atoms with E-state index in [1.807, 2.05) is 0 Å². The molecule has 0 unspecified atom stereocenters. The Kier molecular flexibility index (Phi) is 7.58. The lowest BCUT2D eigenvalue weighted by Crippen LogP contribution is -2.61. The molecule has 0 rings (SSSR count). The van der Waals surface area contributed by atoms with Crippen LogP contribution in [0.25, 0.3) is 0 Å². The van der Waals surface area contributed by atoms with Crippen molar-refractivity contribution in [3.63, 3.8) is 0 Å². The molecule has 0 aliphatic rings. The molecule has 22 heavy (non-hydrogen) atoms. The van der Waals surface area contributed by atoms with Gasteiger partial charge in [0.25, 0.3) is 0 Å². The van der Waals surface area contributed by atoms with E-state index < -0.39 is 42.5 Å². The fourth-order valence-corrected chi connectivity index (χ4v) is 0.903. The minimum atomic E-state index is -6.09. The largest absolute Gasteiger partial charge is 0.478 e. The normalized spacial score (nSPS) is 13.2. The fraction of sp³-hybridized carbons (Fsp3) is 0.750. The minimum absolute atomic E-state index is 0.176. The van der Waals surface area contributed by atoms with Crippen molar-refractivity contribution in [1.29, 1.82) is 0 Å². The van der Waals surface area contributed by atoms with Gasteiger partial charge >= 0.3 is 29.7 Å². The highest BCUT2D eigenvalue weighted by Crippen LogP contribution is 2.54. The topological polar surface area (TPSA) is 37.3 Å². The van der Waals surface area contributed by atoms with Gasteiger partial charge in [0.2, 0.25) is 0 Å². The van der Waals surface area contributed by atoms with Crippen LogP contribution in [-0.4, -0.2) is 34.8 Å². The van der Waals surface area contributed by atoms with Crippen LogP contribution in [0.5, 0.6) is 0 Å². The minimum Gasteiger partial charge on any atom is -0.478 e. The number of carbonyl (C=O) groups is 1. The molecule has 0 amide bonds. The van der Waals surface area contributed by atoms with Gasteiger partial charge in [0.1, 0.15) is 0 Å². The van der Waals surface area contributed by atoms with Crippen molar-refractivity contribution in [1.82, 2.24) is 0 Å². The summed E-state index contributed by atoms with van der Waals surface area (Å²) in [5, 5.41) is 7.89. The van der Waals surface area contributed by atoms with Crippen LogP contribution in [-0.2, 0) is 4.79 Å². The van der Waals surface area contributed by atoms with Crippen LogP contribution in [0.4, 0.5) is 35.1 Å². The van der Waals surface area contributed by atoms with Gasteiger partial charge in [-0.3, -0.25) is 0 Å². The number of rotatable bonds is 6. The standard InChI is InChI=1S/C8H10F8.C4H6O2/c1-3-5(9,10)7(13,14)8(15,16)6(11,12)4-2;1-3(2)4(5)6/h3-4H2,1-2H3;1H2,2H3,(H,5,6). The number of halogens is 8. The van der Waals surface area contributed by atoms with E-state index in [4.69, 9.17) is 5.11 Å². The van der Waals surface area contributed by atoms with Crippen molar-refractivity contribution in [2.75, 3.05) is 0 Å². The van der Waals surface area contributed by atoms with E-state index >= 15 is 0 Å². The Morgan fingerprint density at radius 1 is 0.864 bits per heavy atom. The Bertz CT molecular complexity index is 366. The van der Waals surface area contributed by atoms with Crippen LogP contribution in [0.15, 0.2) is 12.2 Å². The highest BCUT2D eigenvalue weighted by atomic mass is 19.4. The summed E-state index contributed by atoms with van der Waals surface area (Å²) in [7, 11) is 0. The summed E-state index contributed by atoms with van der Waals surface area (Å²) < 4.78 is 101. The number of hydrogen-bond donors (Lipinski definition) is 1. The molecule has 0 fully saturated rings. The average molecular weight is 344 g/mol. The molecule has 0 aromatic carbocycles. The third-order valence-corrected chi connectivity index (χ3v) is 2.57. The van der Waals surface area contributed by atoms with E-state index in [0.29, 0.717) is 13.8 Å². The second-order valence-electron chi connectivity index (χ2n) is 4.35. The first-order valence-corrected chi connectivity index (χ1v) is 5.91. The zero-order chi connectivity index (χ0) is 18.6. The smallest absolute Gasteiger partial charge is 0.378 e. The molecule has 10 heteroatoms. The van der Waals surface area contributed by atoms with E-state index in [9.17, 15) is 39.9 Å². The van der Waals surface area contributed by atoms with E-state index in [1.165, 1.54) is 6.92 Å². The van der Waals surface area contributed by atoms with Gasteiger partial charge in [-0.15, -0.1) is 0 Å². The van der Waals surface area contributed by atoms with Crippen molar-refractivity contribution >= 4 is 5.97 Å². The second-order valence-corrected chi connectivity index (χ2v) is 4.35. The quantitative estimate of drug-likeness (QED) is 0.544. The van der Waals surface area contributed by atoms with Gasteiger partial charge in [-0.2, -0.15) is 35.1 Å². The summed E-state index contributed by atoms with van der Waals surface area (Å²) in [5.41, 5.74) is 0.176. The molecule has 0 saturated heterocycles. The maximum atomic E-state index is 12.7. The number of alkyl halides is 8. The SMILES string of the molecule is C=C(C)C(=O)O.CCC(F)(F)C(F)(F)C(F)(F)C(F)(F)CC. The lowest BCUT2D eigenvalue weighted by atomic mass is 9.96. The van der Waals surface area contributed by atoms with Gasteiger partial charge in [-0.25, -0.2) is 4.79 Å². The molecular weight excluding hydrogens is 328 g/mol. The maximum Gasteiger partial charge on any atom is 0.378 e. The maximum absolute atomic E-state index is 12.7. The van der Waals surface area contributed by atoms with E-state index in [1.54, 1.807) is 0 Å². The van der Waals surface area contributed by atoms with Crippen LogP contribution < -0.4 is 0 Å². The molecule has 0 atom stereocenters. The molecule has 0 aromatic rings. The monoisotopic (exact) mass is 344 g/mol. The zero-order valence-corrected chi connectivity index (χ0v) is 12.0. The molecule has 2 nitrogen and oxygen atoms in total. The van der Waals surface area contributed by atoms with Crippen molar-refractivity contribution in [2.24, 2.45) is 0 Å². The van der Waals surface area contributed by atoms with Crippen molar-refractivity contribution in [3.05, 3.63) is 12.2 Å². The summed E-state index contributed by atoms with van der Waals surface area (Å²) in [6, 6.07) is 0. The number of hydrogen-bond acceptors (Lipinski definition) is 1. The summed E-state index contributed by atoms with van der Waals surface area (Å²) in [6.07, 6.45) is -3.31. The van der Waals surface area contributed by atoms with Crippen LogP contribution in [0, 0.1) is 0 Å². The van der Waals surface area contributed by atoms with Crippen LogP contribution >= 0.6 is 0 Å². The van der Waals surface area contributed by atoms with Crippen molar-refractivity contribution in [2.45, 2.75) is 57.3 Å².